The van der Waals surface area contributed by atoms with Gasteiger partial charge in [0.05, 0.1) is 54.0 Å². The minimum Gasteiger partial charge on any atom is -0.455 e. The van der Waals surface area contributed by atoms with Crippen LogP contribution in [0.2, 0.25) is 0 Å². The van der Waals surface area contributed by atoms with Crippen molar-refractivity contribution in [3.05, 3.63) is 47.0 Å². The minimum absolute atomic E-state index is 0.0170. The Kier molecular flexibility index (Phi) is 14.1. The van der Waals surface area contributed by atoms with Gasteiger partial charge in [0.2, 0.25) is 17.8 Å². The number of benzene rings is 1. The first kappa shape index (κ1) is 50.9. The number of primary amides is 1. The summed E-state index contributed by atoms with van der Waals surface area (Å²) in [4.78, 5) is 107. The van der Waals surface area contributed by atoms with Gasteiger partial charge in [-0.15, -0.1) is 0 Å². The zero-order valence-electron chi connectivity index (χ0n) is 38.7. The molecular formula is C46H61N3O18. The van der Waals surface area contributed by atoms with Crippen LogP contribution in [-0.2, 0) is 61.9 Å². The van der Waals surface area contributed by atoms with Gasteiger partial charge in [0.15, 0.2) is 12.4 Å². The zero-order valence-corrected chi connectivity index (χ0v) is 38.7. The number of carbonyl (C=O) groups excluding carboxylic acids is 8. The summed E-state index contributed by atoms with van der Waals surface area (Å²) in [5.74, 6) is -12.6. The highest BCUT2D eigenvalue weighted by Crippen LogP contribution is 2.65. The number of fused-ring (bicyclic) bond motifs is 5. The van der Waals surface area contributed by atoms with Crippen molar-refractivity contribution in [2.24, 2.45) is 40.1 Å². The standard InChI is InChI=1S/C46H61N3O18/c1-21-27(63-40(58)34(32(23-14-15-23)49-41(59)67-42(3,4)5)64-30(53)20-61-29(52)17-26(47)38(48)56)18-45(60)37(65-39(57)24-12-10-9-11-13-24)35-44(8,36(55)33(54)31(21)43(45,6)7)28(51)16-25-19-62-46(25,35)66-22(2)50/h9-13,23,25-28,32-35,37,51,54,60H,14-20,47H2,1-8H3,(H2,48,56)(H,49,59)/t25-,26?,27-,28-,32-,33+,34+,35-,37-,44+,45+,46-/m0/s1. The largest absolute Gasteiger partial charge is 0.455 e. The third-order valence-electron chi connectivity index (χ3n) is 13.9. The van der Waals surface area contributed by atoms with Crippen LogP contribution in [-0.4, -0.2) is 136 Å². The van der Waals surface area contributed by atoms with Crippen LogP contribution in [0.3, 0.4) is 0 Å². The van der Waals surface area contributed by atoms with Crippen molar-refractivity contribution in [3.8, 4) is 0 Å². The van der Waals surface area contributed by atoms with E-state index in [1.165, 1.54) is 39.8 Å². The Morgan fingerprint density at radius 3 is 2.18 bits per heavy atom. The normalized spacial score (nSPS) is 32.1. The number of hydrogen-bond acceptors (Lipinski definition) is 19. The molecule has 21 heteroatoms. The number of rotatable bonds is 14. The van der Waals surface area contributed by atoms with Crippen LogP contribution >= 0.6 is 0 Å². The Labute approximate surface area is 386 Å². The van der Waals surface area contributed by atoms with E-state index in [1.807, 2.05) is 0 Å². The van der Waals surface area contributed by atoms with E-state index in [1.54, 1.807) is 39.0 Å². The highest BCUT2D eigenvalue weighted by atomic mass is 16.7. The lowest BCUT2D eigenvalue weighted by molar-refractivity contribution is -0.410. The number of amides is 2. The molecule has 67 heavy (non-hydrogen) atoms. The van der Waals surface area contributed by atoms with E-state index in [9.17, 15) is 48.9 Å². The second-order valence-electron chi connectivity index (χ2n) is 19.9. The molecule has 0 aromatic heterocycles. The summed E-state index contributed by atoms with van der Waals surface area (Å²) >= 11 is 0. The molecule has 5 aliphatic rings. The molecule has 1 aromatic rings. The molecule has 12 atom stereocenters. The average molecular weight is 944 g/mol. The molecule has 3 saturated carbocycles. The maximum atomic E-state index is 15.1. The molecular weight excluding hydrogens is 883 g/mol. The first-order valence-corrected chi connectivity index (χ1v) is 22.1. The van der Waals surface area contributed by atoms with Crippen LogP contribution in [0, 0.1) is 28.6 Å². The van der Waals surface area contributed by atoms with E-state index in [2.05, 4.69) is 5.32 Å². The third kappa shape index (κ3) is 9.65. The van der Waals surface area contributed by atoms with Gasteiger partial charge in [0, 0.05) is 18.8 Å². The third-order valence-corrected chi connectivity index (χ3v) is 13.9. The van der Waals surface area contributed by atoms with E-state index >= 15 is 4.79 Å². The van der Waals surface area contributed by atoms with Crippen LogP contribution in [0.25, 0.3) is 0 Å². The first-order valence-electron chi connectivity index (χ1n) is 22.1. The fourth-order valence-corrected chi connectivity index (χ4v) is 10.2. The van der Waals surface area contributed by atoms with Crippen molar-refractivity contribution in [2.75, 3.05) is 13.2 Å². The van der Waals surface area contributed by atoms with Crippen molar-refractivity contribution < 1.29 is 86.8 Å². The van der Waals surface area contributed by atoms with Gasteiger partial charge >= 0.3 is 35.9 Å². The Hall–Kier alpha value is -5.48. The average Bonchev–Trinajstić information content (AvgIpc) is 4.08. The quantitative estimate of drug-likeness (QED) is 0.0853. The SMILES string of the molecule is CC(=O)O[C@@]12OC[C@@H]1C[C@H](O)[C@@]1(C)C(=O)[C@H](O)C3=C(C)[C@@H](OC(=O)[C@H](OC(=O)COC(=O)CC(N)C(N)=O)[C@@H](NC(=O)OC(C)(C)C)C4CC4)C[C@@](O)([C@@H](OC(=O)c4ccccc4)[C@H]21)C3(C)C. The van der Waals surface area contributed by atoms with Crippen LogP contribution in [0.1, 0.15) is 97.9 Å². The molecule has 4 fully saturated rings. The lowest BCUT2D eigenvalue weighted by Gasteiger charge is -2.67. The van der Waals surface area contributed by atoms with E-state index in [-0.39, 0.29) is 29.7 Å². The van der Waals surface area contributed by atoms with Gasteiger partial charge in [-0.25, -0.2) is 19.2 Å². The number of Topliss-reactive ketones (excluding diaryl/α,β-unsaturated/α-hetero) is 1. The number of alkyl carbamates (subject to hydrolysis) is 1. The number of nitrogens with one attached hydrogen (secondary N) is 1. The van der Waals surface area contributed by atoms with E-state index in [0.717, 1.165) is 6.92 Å². The number of ether oxygens (including phenoxy) is 7. The van der Waals surface area contributed by atoms with E-state index in [4.69, 9.17) is 44.6 Å². The van der Waals surface area contributed by atoms with Crippen LogP contribution < -0.4 is 16.8 Å². The molecule has 2 bridgehead atoms. The predicted molar refractivity (Wildman–Crippen MR) is 227 cm³/mol. The molecule has 1 unspecified atom stereocenters. The number of aliphatic hydroxyl groups is 3. The number of esters is 5. The predicted octanol–water partition coefficient (Wildman–Crippen LogP) is 0.799. The fraction of sp³-hybridized carbons (Fsp3) is 0.652. The van der Waals surface area contributed by atoms with Gasteiger partial charge in [-0.2, -0.15) is 0 Å². The number of hydrogen-bond donors (Lipinski definition) is 6. The van der Waals surface area contributed by atoms with Crippen molar-refractivity contribution in [2.45, 2.75) is 147 Å². The highest BCUT2D eigenvalue weighted by Gasteiger charge is 2.78. The fourth-order valence-electron chi connectivity index (χ4n) is 10.2. The van der Waals surface area contributed by atoms with E-state index < -0.39 is 155 Å². The van der Waals surface area contributed by atoms with Gasteiger partial charge in [-0.3, -0.25) is 19.2 Å². The van der Waals surface area contributed by atoms with Crippen molar-refractivity contribution in [1.82, 2.24) is 5.32 Å². The molecule has 368 valence electrons. The lowest BCUT2D eigenvalue weighted by Crippen LogP contribution is -2.80. The topological polar surface area (TPSA) is 326 Å². The molecule has 1 saturated heterocycles. The molecule has 2 amide bonds. The minimum atomic E-state index is -2.49. The summed E-state index contributed by atoms with van der Waals surface area (Å²) < 4.78 is 40.4. The maximum Gasteiger partial charge on any atom is 0.408 e. The number of nitrogens with two attached hydrogens (primary N) is 2. The molecule has 0 spiro atoms. The molecule has 1 aliphatic heterocycles. The van der Waals surface area contributed by atoms with Gasteiger partial charge in [-0.05, 0) is 83.1 Å². The van der Waals surface area contributed by atoms with Crippen LogP contribution in [0.4, 0.5) is 4.79 Å². The second kappa shape index (κ2) is 18.5. The van der Waals surface area contributed by atoms with Crippen molar-refractivity contribution in [3.63, 3.8) is 0 Å². The zero-order chi connectivity index (χ0) is 49.8. The number of ketones is 1. The Morgan fingerprint density at radius 1 is 0.985 bits per heavy atom. The molecule has 0 radical (unpaired) electrons. The number of carbonyl (C=O) groups is 8. The summed E-state index contributed by atoms with van der Waals surface area (Å²) in [5.41, 5.74) is 3.19. The smallest absolute Gasteiger partial charge is 0.408 e. The monoisotopic (exact) mass is 943 g/mol. The van der Waals surface area contributed by atoms with E-state index in [0.29, 0.717) is 12.8 Å². The molecule has 6 rings (SSSR count). The summed E-state index contributed by atoms with van der Waals surface area (Å²) in [5, 5.41) is 40.4. The Bertz CT molecular complexity index is 2200. The Balaban J connectivity index is 1.45. The molecule has 1 aromatic carbocycles. The summed E-state index contributed by atoms with van der Waals surface area (Å²) in [6.45, 7) is 10.5. The second-order valence-corrected chi connectivity index (χ2v) is 19.9. The highest BCUT2D eigenvalue weighted by molar-refractivity contribution is 5.94. The van der Waals surface area contributed by atoms with Gasteiger partial charge in [-0.1, -0.05) is 32.0 Å². The molecule has 1 heterocycles. The first-order chi connectivity index (χ1) is 31.1. The summed E-state index contributed by atoms with van der Waals surface area (Å²) in [6, 6.07) is 4.92. The Morgan fingerprint density at radius 2 is 1.63 bits per heavy atom. The van der Waals surface area contributed by atoms with Crippen molar-refractivity contribution >= 4 is 47.6 Å². The molecule has 8 N–H and O–H groups in total. The lowest BCUT2D eigenvalue weighted by atomic mass is 9.45. The van der Waals surface area contributed by atoms with Gasteiger partial charge in [0.1, 0.15) is 29.5 Å². The van der Waals surface area contributed by atoms with Crippen molar-refractivity contribution in [1.29, 1.82) is 0 Å². The van der Waals surface area contributed by atoms with Gasteiger partial charge in [0.25, 0.3) is 0 Å². The maximum absolute atomic E-state index is 15.1. The molecule has 21 nitrogen and oxygen atoms in total. The molecule has 4 aliphatic carbocycles. The van der Waals surface area contributed by atoms with Gasteiger partial charge < -0.3 is 65.3 Å². The van der Waals surface area contributed by atoms with Crippen LogP contribution in [0.15, 0.2) is 41.5 Å². The summed E-state index contributed by atoms with van der Waals surface area (Å²) in [6.07, 6.45) is -10.8. The van der Waals surface area contributed by atoms with Crippen LogP contribution in [0.5, 0.6) is 0 Å². The summed E-state index contributed by atoms with van der Waals surface area (Å²) in [7, 11) is 0. The number of aliphatic hydroxyl groups excluding tert-OH is 2.